The summed E-state index contributed by atoms with van der Waals surface area (Å²) in [5.74, 6) is -0.890. The van der Waals surface area contributed by atoms with E-state index in [0.717, 1.165) is 11.1 Å². The summed E-state index contributed by atoms with van der Waals surface area (Å²) in [6, 6.07) is 25.5. The van der Waals surface area contributed by atoms with Gasteiger partial charge in [0, 0.05) is 17.5 Å². The molecule has 0 aliphatic carbocycles. The summed E-state index contributed by atoms with van der Waals surface area (Å²) >= 11 is 0. The Kier molecular flexibility index (Phi) is 6.50. The Hall–Kier alpha value is -5.37. The molecule has 0 bridgehead atoms. The number of ether oxygens (including phenoxy) is 3. The highest BCUT2D eigenvalue weighted by atomic mass is 16.5. The highest BCUT2D eigenvalue weighted by Crippen LogP contribution is 2.62. The number of benzene rings is 4. The number of fused-ring (bicyclic) bond motifs is 6. The summed E-state index contributed by atoms with van der Waals surface area (Å²) in [5.41, 5.74) is 2.29. The molecule has 1 fully saturated rings. The monoisotopic (exact) mass is 586 g/mol. The maximum absolute atomic E-state index is 15.1. The van der Waals surface area contributed by atoms with Gasteiger partial charge in [-0.25, -0.2) is 0 Å². The van der Waals surface area contributed by atoms with E-state index < -0.39 is 23.4 Å². The predicted molar refractivity (Wildman–Crippen MR) is 165 cm³/mol. The van der Waals surface area contributed by atoms with Crippen molar-refractivity contribution in [2.24, 2.45) is 5.92 Å². The van der Waals surface area contributed by atoms with Crippen LogP contribution in [0.1, 0.15) is 43.4 Å². The molecule has 4 aromatic rings. The van der Waals surface area contributed by atoms with E-state index in [-0.39, 0.29) is 17.5 Å². The number of nitrogens with one attached hydrogen (secondary N) is 1. The van der Waals surface area contributed by atoms with Crippen LogP contribution in [-0.2, 0) is 10.2 Å². The van der Waals surface area contributed by atoms with Crippen LogP contribution in [0.15, 0.2) is 97.2 Å². The van der Waals surface area contributed by atoms with Gasteiger partial charge < -0.3 is 24.4 Å². The third-order valence-corrected chi connectivity index (χ3v) is 9.16. The number of anilines is 1. The van der Waals surface area contributed by atoms with Crippen molar-refractivity contribution in [2.45, 2.75) is 17.5 Å². The fraction of sp³-hybridized carbons (Fsp3) is 0.194. The standard InChI is InChI=1S/C36H30N2O6/c1-42-27-15-9-6-12-24(27)33(40)31-30(32(39)22-16-17-28(43-2)29(20-22)44-3)36(25-13-7-8-14-26(25)37-35(36)41)34-23-11-5-4-10-21(23)18-19-38(31)34/h4-20,30-31,34H,1-3H3,(H,37,41). The first kappa shape index (κ1) is 27.5. The van der Waals surface area contributed by atoms with Crippen LogP contribution in [-0.4, -0.2) is 49.7 Å². The van der Waals surface area contributed by atoms with E-state index in [0.29, 0.717) is 39.6 Å². The number of para-hydroxylation sites is 2. The van der Waals surface area contributed by atoms with Crippen LogP contribution >= 0.6 is 0 Å². The summed E-state index contributed by atoms with van der Waals surface area (Å²) < 4.78 is 16.6. The van der Waals surface area contributed by atoms with Crippen LogP contribution in [0, 0.1) is 5.92 Å². The average molecular weight is 587 g/mol. The molecule has 4 atom stereocenters. The Morgan fingerprint density at radius 1 is 0.773 bits per heavy atom. The number of rotatable bonds is 7. The van der Waals surface area contributed by atoms with Crippen LogP contribution in [0.4, 0.5) is 5.69 Å². The lowest BCUT2D eigenvalue weighted by Crippen LogP contribution is -2.49. The highest BCUT2D eigenvalue weighted by Gasteiger charge is 2.70. The first-order chi connectivity index (χ1) is 21.4. The van der Waals surface area contributed by atoms with Gasteiger partial charge in [-0.2, -0.15) is 0 Å². The van der Waals surface area contributed by atoms with E-state index >= 15 is 4.79 Å². The minimum absolute atomic E-state index is 0.305. The number of hydrogen-bond acceptors (Lipinski definition) is 7. The van der Waals surface area contributed by atoms with Crippen molar-refractivity contribution in [2.75, 3.05) is 26.6 Å². The number of carbonyl (C=O) groups is 3. The molecule has 4 aromatic carbocycles. The molecule has 0 aromatic heterocycles. The second kappa shape index (κ2) is 10.4. The molecule has 0 radical (unpaired) electrons. The molecule has 1 saturated heterocycles. The molecule has 3 aliphatic rings. The number of carbonyl (C=O) groups excluding carboxylic acids is 3. The molecule has 8 heteroatoms. The van der Waals surface area contributed by atoms with E-state index in [1.54, 1.807) is 42.5 Å². The van der Waals surface area contributed by atoms with Gasteiger partial charge in [0.1, 0.15) is 17.2 Å². The van der Waals surface area contributed by atoms with Gasteiger partial charge in [-0.05, 0) is 59.2 Å². The van der Waals surface area contributed by atoms with E-state index in [4.69, 9.17) is 14.2 Å². The summed E-state index contributed by atoms with van der Waals surface area (Å²) in [6.07, 6.45) is 3.78. The molecule has 1 amide bonds. The first-order valence-corrected chi connectivity index (χ1v) is 14.3. The van der Waals surface area contributed by atoms with Crippen molar-refractivity contribution in [3.8, 4) is 17.2 Å². The van der Waals surface area contributed by atoms with Crippen molar-refractivity contribution < 1.29 is 28.6 Å². The molecule has 8 nitrogen and oxygen atoms in total. The molecule has 44 heavy (non-hydrogen) atoms. The maximum atomic E-state index is 15.1. The largest absolute Gasteiger partial charge is 0.496 e. The lowest BCUT2D eigenvalue weighted by Gasteiger charge is -2.38. The summed E-state index contributed by atoms with van der Waals surface area (Å²) in [6.45, 7) is 0. The number of hydrogen-bond donors (Lipinski definition) is 1. The second-order valence-electron chi connectivity index (χ2n) is 11.1. The molecule has 1 N–H and O–H groups in total. The van der Waals surface area contributed by atoms with Gasteiger partial charge in [0.15, 0.2) is 23.1 Å². The quantitative estimate of drug-likeness (QED) is 0.278. The van der Waals surface area contributed by atoms with Gasteiger partial charge >= 0.3 is 0 Å². The van der Waals surface area contributed by atoms with Crippen LogP contribution in [0.5, 0.6) is 17.2 Å². The third kappa shape index (κ3) is 3.73. The fourth-order valence-corrected chi connectivity index (χ4v) is 7.34. The van der Waals surface area contributed by atoms with Gasteiger partial charge in [-0.1, -0.05) is 54.6 Å². The Morgan fingerprint density at radius 3 is 2.27 bits per heavy atom. The molecule has 220 valence electrons. The lowest BCUT2D eigenvalue weighted by atomic mass is 9.62. The number of ketones is 2. The highest BCUT2D eigenvalue weighted by molar-refractivity contribution is 6.17. The maximum Gasteiger partial charge on any atom is 0.238 e. The third-order valence-electron chi connectivity index (χ3n) is 9.16. The molecule has 7 rings (SSSR count). The molecule has 4 unspecified atom stereocenters. The topological polar surface area (TPSA) is 94.2 Å². The van der Waals surface area contributed by atoms with Crippen LogP contribution in [0.3, 0.4) is 0 Å². The Labute approximate surface area is 254 Å². The molecule has 3 aliphatic heterocycles. The molecule has 0 saturated carbocycles. The summed E-state index contributed by atoms with van der Waals surface area (Å²) in [7, 11) is 4.53. The van der Waals surface area contributed by atoms with Crippen molar-refractivity contribution in [1.29, 1.82) is 0 Å². The smallest absolute Gasteiger partial charge is 0.238 e. The Balaban J connectivity index is 1.53. The first-order valence-electron chi connectivity index (χ1n) is 14.3. The van der Waals surface area contributed by atoms with E-state index in [2.05, 4.69) is 5.32 Å². The minimum atomic E-state index is -1.44. The minimum Gasteiger partial charge on any atom is -0.496 e. The van der Waals surface area contributed by atoms with Crippen LogP contribution in [0.25, 0.3) is 6.08 Å². The number of amides is 1. The van der Waals surface area contributed by atoms with Crippen LogP contribution in [0.2, 0.25) is 0 Å². The Morgan fingerprint density at radius 2 is 1.48 bits per heavy atom. The predicted octanol–water partition coefficient (Wildman–Crippen LogP) is 5.69. The van der Waals surface area contributed by atoms with Crippen molar-refractivity contribution >= 4 is 29.2 Å². The average Bonchev–Trinajstić information content (AvgIpc) is 3.55. The van der Waals surface area contributed by atoms with Crippen molar-refractivity contribution in [3.63, 3.8) is 0 Å². The zero-order valence-corrected chi connectivity index (χ0v) is 24.4. The second-order valence-corrected chi connectivity index (χ2v) is 11.1. The number of Topliss-reactive ketones (excluding diaryl/α,β-unsaturated/α-hetero) is 2. The van der Waals surface area contributed by atoms with Gasteiger partial charge in [-0.15, -0.1) is 0 Å². The molecule has 3 heterocycles. The van der Waals surface area contributed by atoms with E-state index in [9.17, 15) is 9.59 Å². The van der Waals surface area contributed by atoms with E-state index in [1.165, 1.54) is 21.3 Å². The van der Waals surface area contributed by atoms with Gasteiger partial charge in [-0.3, -0.25) is 14.4 Å². The van der Waals surface area contributed by atoms with Crippen molar-refractivity contribution in [3.05, 3.63) is 125 Å². The van der Waals surface area contributed by atoms with Gasteiger partial charge in [0.25, 0.3) is 0 Å². The van der Waals surface area contributed by atoms with Crippen LogP contribution < -0.4 is 19.5 Å². The normalized spacial score (nSPS) is 22.6. The fourth-order valence-electron chi connectivity index (χ4n) is 7.34. The zero-order valence-electron chi connectivity index (χ0n) is 24.4. The number of methoxy groups -OCH3 is 3. The lowest BCUT2D eigenvalue weighted by molar-refractivity contribution is -0.122. The molecule has 1 spiro atoms. The Bertz CT molecular complexity index is 1870. The summed E-state index contributed by atoms with van der Waals surface area (Å²) in [5, 5.41) is 3.07. The van der Waals surface area contributed by atoms with Gasteiger partial charge in [0.2, 0.25) is 5.91 Å². The van der Waals surface area contributed by atoms with Gasteiger partial charge in [0.05, 0.1) is 38.9 Å². The van der Waals surface area contributed by atoms with Crippen molar-refractivity contribution in [1.82, 2.24) is 4.90 Å². The number of nitrogens with zero attached hydrogens (tertiary/aromatic N) is 1. The SMILES string of the molecule is COc1ccc(C(=O)C2C(C(=O)c3ccccc3OC)N3C=Cc4ccccc4C3C23C(=O)Nc2ccccc23)cc1OC. The zero-order chi connectivity index (χ0) is 30.6. The van der Waals surface area contributed by atoms with E-state index in [1.807, 2.05) is 65.7 Å². The summed E-state index contributed by atoms with van der Waals surface area (Å²) in [4.78, 5) is 46.4. The molecular weight excluding hydrogens is 556 g/mol. The molecular formula is C36H30N2O6.